The van der Waals surface area contributed by atoms with E-state index in [0.29, 0.717) is 22.7 Å². The van der Waals surface area contributed by atoms with Gasteiger partial charge in [-0.1, -0.05) is 11.8 Å². The maximum atomic E-state index is 5.88. The highest BCUT2D eigenvalue weighted by molar-refractivity contribution is 7.99. The van der Waals surface area contributed by atoms with Crippen LogP contribution in [0.3, 0.4) is 0 Å². The highest BCUT2D eigenvalue weighted by Crippen LogP contribution is 2.34. The van der Waals surface area contributed by atoms with Gasteiger partial charge in [0.2, 0.25) is 0 Å². The van der Waals surface area contributed by atoms with Gasteiger partial charge in [-0.15, -0.1) is 0 Å². The quantitative estimate of drug-likeness (QED) is 0.608. The number of nitrogens with two attached hydrogens (primary N) is 4. The molecule has 0 atom stereocenters. The Morgan fingerprint density at radius 3 is 2.12 bits per heavy atom. The first-order valence-corrected chi connectivity index (χ1v) is 5.86. The topological polar surface area (TPSA) is 104 Å². The first-order chi connectivity index (χ1) is 8.06. The van der Waals surface area contributed by atoms with E-state index in [0.717, 1.165) is 9.79 Å². The van der Waals surface area contributed by atoms with Crippen LogP contribution in [0.15, 0.2) is 46.2 Å². The molecule has 0 radical (unpaired) electrons. The molecule has 0 aromatic heterocycles. The summed E-state index contributed by atoms with van der Waals surface area (Å²) in [4.78, 5) is 1.94. The fourth-order valence-electron chi connectivity index (χ4n) is 1.40. The SMILES string of the molecule is Nc1ccc(Sc2ccc(N)c(N)c2)c(N)c1. The van der Waals surface area contributed by atoms with Crippen LogP contribution in [0.2, 0.25) is 0 Å². The third-order valence-corrected chi connectivity index (χ3v) is 3.40. The zero-order valence-corrected chi connectivity index (χ0v) is 10.00. The highest BCUT2D eigenvalue weighted by atomic mass is 32.2. The molecule has 17 heavy (non-hydrogen) atoms. The summed E-state index contributed by atoms with van der Waals surface area (Å²) < 4.78 is 0. The molecule has 2 aromatic carbocycles. The van der Waals surface area contributed by atoms with Crippen LogP contribution in [0.1, 0.15) is 0 Å². The smallest absolute Gasteiger partial charge is 0.0559 e. The van der Waals surface area contributed by atoms with Crippen LogP contribution >= 0.6 is 11.8 Å². The van der Waals surface area contributed by atoms with E-state index >= 15 is 0 Å². The Kier molecular flexibility index (Phi) is 3.01. The summed E-state index contributed by atoms with van der Waals surface area (Å²) in [6.45, 7) is 0. The molecule has 88 valence electrons. The van der Waals surface area contributed by atoms with E-state index in [1.165, 1.54) is 11.8 Å². The lowest BCUT2D eigenvalue weighted by atomic mass is 10.3. The van der Waals surface area contributed by atoms with Crippen molar-refractivity contribution in [1.29, 1.82) is 0 Å². The Labute approximate surface area is 104 Å². The number of benzene rings is 2. The summed E-state index contributed by atoms with van der Waals surface area (Å²) >= 11 is 1.53. The van der Waals surface area contributed by atoms with E-state index in [1.807, 2.05) is 24.3 Å². The predicted octanol–water partition coefficient (Wildman–Crippen LogP) is 2.17. The van der Waals surface area contributed by atoms with Gasteiger partial charge < -0.3 is 22.9 Å². The van der Waals surface area contributed by atoms with Crippen molar-refractivity contribution in [3.63, 3.8) is 0 Å². The second-order valence-corrected chi connectivity index (χ2v) is 4.81. The molecular weight excluding hydrogens is 232 g/mol. The molecule has 0 spiro atoms. The minimum atomic E-state index is 0.573. The van der Waals surface area contributed by atoms with Gasteiger partial charge in [0, 0.05) is 21.2 Å². The lowest BCUT2D eigenvalue weighted by molar-refractivity contribution is 1.41. The number of nitrogen functional groups attached to an aromatic ring is 4. The summed E-state index contributed by atoms with van der Waals surface area (Å²) in [6.07, 6.45) is 0. The van der Waals surface area contributed by atoms with Crippen molar-refractivity contribution in [2.24, 2.45) is 0 Å². The molecular formula is C12H14N4S. The van der Waals surface area contributed by atoms with Gasteiger partial charge >= 0.3 is 0 Å². The molecule has 2 aromatic rings. The molecule has 2 rings (SSSR count). The zero-order chi connectivity index (χ0) is 12.4. The second kappa shape index (κ2) is 4.47. The van der Waals surface area contributed by atoms with Gasteiger partial charge in [0.15, 0.2) is 0 Å². The van der Waals surface area contributed by atoms with Gasteiger partial charge in [0.05, 0.1) is 11.4 Å². The normalized spacial score (nSPS) is 10.4. The minimum Gasteiger partial charge on any atom is -0.399 e. The molecule has 0 aliphatic carbocycles. The Bertz CT molecular complexity index is 554. The summed E-state index contributed by atoms with van der Waals surface area (Å²) in [6, 6.07) is 11.0. The van der Waals surface area contributed by atoms with Crippen molar-refractivity contribution >= 4 is 34.5 Å². The lowest BCUT2D eigenvalue weighted by Crippen LogP contribution is -1.94. The Hall–Kier alpha value is -2.01. The van der Waals surface area contributed by atoms with Gasteiger partial charge in [0.1, 0.15) is 0 Å². The van der Waals surface area contributed by atoms with E-state index in [1.54, 1.807) is 12.1 Å². The van der Waals surface area contributed by atoms with Gasteiger partial charge in [0.25, 0.3) is 0 Å². The summed E-state index contributed by atoms with van der Waals surface area (Å²) in [5.74, 6) is 0. The molecule has 5 heteroatoms. The molecule has 0 aliphatic heterocycles. The maximum Gasteiger partial charge on any atom is 0.0559 e. The van der Waals surface area contributed by atoms with Crippen molar-refractivity contribution in [3.05, 3.63) is 36.4 Å². The van der Waals surface area contributed by atoms with E-state index in [-0.39, 0.29) is 0 Å². The van der Waals surface area contributed by atoms with Gasteiger partial charge in [-0.2, -0.15) is 0 Å². The molecule has 0 saturated heterocycles. The summed E-state index contributed by atoms with van der Waals surface area (Å²) in [5.41, 5.74) is 25.4. The number of hydrogen-bond acceptors (Lipinski definition) is 5. The van der Waals surface area contributed by atoms with Crippen LogP contribution in [0.25, 0.3) is 0 Å². The number of rotatable bonds is 2. The van der Waals surface area contributed by atoms with Crippen molar-refractivity contribution in [2.45, 2.75) is 9.79 Å². The fraction of sp³-hybridized carbons (Fsp3) is 0. The van der Waals surface area contributed by atoms with E-state index < -0.39 is 0 Å². The standard InChI is InChI=1S/C12H14N4S/c13-7-1-4-12(11(16)5-7)17-8-2-3-9(14)10(15)6-8/h1-6H,13-16H2. The van der Waals surface area contributed by atoms with Crippen molar-refractivity contribution in [1.82, 2.24) is 0 Å². The minimum absolute atomic E-state index is 0.573. The lowest BCUT2D eigenvalue weighted by Gasteiger charge is -2.07. The van der Waals surface area contributed by atoms with Crippen LogP contribution in [0.4, 0.5) is 22.7 Å². The first kappa shape index (κ1) is 11.5. The Balaban J connectivity index is 2.28. The zero-order valence-electron chi connectivity index (χ0n) is 9.18. The van der Waals surface area contributed by atoms with E-state index in [2.05, 4.69) is 0 Å². The average molecular weight is 246 g/mol. The van der Waals surface area contributed by atoms with E-state index in [4.69, 9.17) is 22.9 Å². The van der Waals surface area contributed by atoms with Crippen LogP contribution < -0.4 is 22.9 Å². The maximum absolute atomic E-state index is 5.88. The van der Waals surface area contributed by atoms with Crippen LogP contribution in [-0.4, -0.2) is 0 Å². The fourth-order valence-corrected chi connectivity index (χ4v) is 2.29. The molecule has 0 unspecified atom stereocenters. The third kappa shape index (κ3) is 2.57. The molecule has 4 nitrogen and oxygen atoms in total. The first-order valence-electron chi connectivity index (χ1n) is 5.04. The molecule has 0 heterocycles. The Morgan fingerprint density at radius 1 is 0.706 bits per heavy atom. The van der Waals surface area contributed by atoms with Crippen LogP contribution in [0, 0.1) is 0 Å². The number of hydrogen-bond donors (Lipinski definition) is 4. The van der Waals surface area contributed by atoms with Gasteiger partial charge in [-0.3, -0.25) is 0 Å². The molecule has 0 aliphatic rings. The molecule has 0 bridgehead atoms. The van der Waals surface area contributed by atoms with E-state index in [9.17, 15) is 0 Å². The van der Waals surface area contributed by atoms with Crippen LogP contribution in [-0.2, 0) is 0 Å². The predicted molar refractivity (Wildman–Crippen MR) is 74.7 cm³/mol. The average Bonchev–Trinajstić information content (AvgIpc) is 2.27. The monoisotopic (exact) mass is 246 g/mol. The highest BCUT2D eigenvalue weighted by Gasteiger charge is 2.04. The Morgan fingerprint density at radius 2 is 1.47 bits per heavy atom. The van der Waals surface area contributed by atoms with Gasteiger partial charge in [-0.05, 0) is 36.4 Å². The molecule has 0 amide bonds. The van der Waals surface area contributed by atoms with Crippen molar-refractivity contribution in [3.8, 4) is 0 Å². The van der Waals surface area contributed by atoms with Crippen molar-refractivity contribution in [2.75, 3.05) is 22.9 Å². The molecule has 0 fully saturated rings. The largest absolute Gasteiger partial charge is 0.399 e. The third-order valence-electron chi connectivity index (χ3n) is 2.32. The number of anilines is 4. The van der Waals surface area contributed by atoms with Crippen molar-refractivity contribution < 1.29 is 0 Å². The van der Waals surface area contributed by atoms with Gasteiger partial charge in [-0.25, -0.2) is 0 Å². The molecule has 0 saturated carbocycles. The summed E-state index contributed by atoms with van der Waals surface area (Å²) in [5, 5.41) is 0. The second-order valence-electron chi connectivity index (χ2n) is 3.69. The van der Waals surface area contributed by atoms with Crippen LogP contribution in [0.5, 0.6) is 0 Å². The molecule has 8 N–H and O–H groups in total. The summed E-state index contributed by atoms with van der Waals surface area (Å²) in [7, 11) is 0.